The molecular weight excluding hydrogens is 338 g/mol. The zero-order chi connectivity index (χ0) is 17.7. The topological polar surface area (TPSA) is 93.4 Å². The maximum absolute atomic E-state index is 12.0. The molecule has 1 aromatic heterocycles. The van der Waals surface area contributed by atoms with Crippen molar-refractivity contribution in [2.45, 2.75) is 26.8 Å². The summed E-state index contributed by atoms with van der Waals surface area (Å²) in [4.78, 5) is 25.5. The van der Waals surface area contributed by atoms with Gasteiger partial charge in [-0.25, -0.2) is 4.79 Å². The van der Waals surface area contributed by atoms with Crippen LogP contribution < -0.4 is 5.32 Å². The molecular formula is C15H18ClN3O3S. The van der Waals surface area contributed by atoms with Gasteiger partial charge in [0.25, 0.3) is 0 Å². The lowest BCUT2D eigenvalue weighted by molar-refractivity contribution is -0.132. The molecule has 0 fully saturated rings. The van der Waals surface area contributed by atoms with E-state index >= 15 is 0 Å². The van der Waals surface area contributed by atoms with Crippen molar-refractivity contribution in [2.75, 3.05) is 13.6 Å². The molecule has 1 aromatic rings. The van der Waals surface area contributed by atoms with E-state index in [1.165, 1.54) is 18.4 Å². The second kappa shape index (κ2) is 7.99. The Balaban J connectivity index is 3.65. The summed E-state index contributed by atoms with van der Waals surface area (Å²) in [6, 6.07) is 1.07. The van der Waals surface area contributed by atoms with Crippen LogP contribution in [0.4, 0.5) is 0 Å². The average molecular weight is 356 g/mol. The zero-order valence-electron chi connectivity index (χ0n) is 13.3. The fourth-order valence-corrected chi connectivity index (χ4v) is 3.51. The lowest BCUT2D eigenvalue weighted by atomic mass is 10.1. The summed E-state index contributed by atoms with van der Waals surface area (Å²) >= 11 is 7.52. The number of hydrogen-bond acceptors (Lipinski definition) is 5. The minimum absolute atomic E-state index is 0.168. The molecule has 0 aliphatic heterocycles. The van der Waals surface area contributed by atoms with E-state index in [1.54, 1.807) is 37.1 Å². The number of halogens is 1. The second-order valence-corrected chi connectivity index (χ2v) is 6.04. The third-order valence-corrected chi connectivity index (χ3v) is 5.10. The third kappa shape index (κ3) is 3.84. The maximum atomic E-state index is 12.0. The predicted octanol–water partition coefficient (Wildman–Crippen LogP) is 2.49. The fraction of sp³-hybridized carbons (Fsp3) is 0.400. The van der Waals surface area contributed by atoms with Gasteiger partial charge in [-0.3, -0.25) is 4.79 Å². The van der Waals surface area contributed by atoms with Crippen LogP contribution in [0.25, 0.3) is 5.70 Å². The summed E-state index contributed by atoms with van der Waals surface area (Å²) in [6.07, 6.45) is 0. The Bertz CT molecular complexity index is 691. The number of nitrogens with zero attached hydrogens (tertiary/aromatic N) is 2. The van der Waals surface area contributed by atoms with Crippen molar-refractivity contribution in [3.63, 3.8) is 0 Å². The van der Waals surface area contributed by atoms with Gasteiger partial charge in [-0.1, -0.05) is 11.6 Å². The molecule has 0 aliphatic carbocycles. The molecule has 6 nitrogen and oxygen atoms in total. The van der Waals surface area contributed by atoms with Crippen LogP contribution in [-0.2, 0) is 9.59 Å². The van der Waals surface area contributed by atoms with Crippen LogP contribution in [0.1, 0.15) is 24.3 Å². The molecule has 8 heteroatoms. The molecule has 2 N–H and O–H groups in total. The molecule has 0 radical (unpaired) electrons. The molecule has 1 heterocycles. The number of thiophene rings is 1. The van der Waals surface area contributed by atoms with E-state index in [0.29, 0.717) is 16.4 Å². The number of carboxylic acid groups (broad SMARTS) is 1. The smallest absolute Gasteiger partial charge is 0.348 e. The molecule has 0 unspecified atom stereocenters. The molecule has 0 saturated heterocycles. The fourth-order valence-electron chi connectivity index (χ4n) is 2.16. The Kier molecular flexibility index (Phi) is 6.61. The summed E-state index contributed by atoms with van der Waals surface area (Å²) in [6.45, 7) is 5.57. The average Bonchev–Trinajstić information content (AvgIpc) is 2.85. The van der Waals surface area contributed by atoms with E-state index in [4.69, 9.17) is 11.6 Å². The standard InChI is InChI=1S/C15H18ClN3O3S/c1-5-19(9(3)14(20)18-4)12(10(6-17)15(21)22)13-11(16)8(2)7-23-13/h7,9H,5H2,1-4H3,(H,18,20)(H,21,22)/t9-/m1/s1. The summed E-state index contributed by atoms with van der Waals surface area (Å²) in [7, 11) is 1.50. The second-order valence-electron chi connectivity index (χ2n) is 4.78. The summed E-state index contributed by atoms with van der Waals surface area (Å²) in [5.74, 6) is -1.64. The van der Waals surface area contributed by atoms with Crippen molar-refractivity contribution in [3.8, 4) is 6.07 Å². The molecule has 1 amide bonds. The zero-order valence-corrected chi connectivity index (χ0v) is 14.9. The predicted molar refractivity (Wildman–Crippen MR) is 90.1 cm³/mol. The third-order valence-electron chi connectivity index (χ3n) is 3.40. The van der Waals surface area contributed by atoms with E-state index in [1.807, 2.05) is 0 Å². The number of carboxylic acids is 1. The maximum Gasteiger partial charge on any atom is 0.348 e. The highest BCUT2D eigenvalue weighted by molar-refractivity contribution is 7.12. The van der Waals surface area contributed by atoms with E-state index < -0.39 is 17.6 Å². The van der Waals surface area contributed by atoms with Crippen LogP contribution in [0.2, 0.25) is 5.02 Å². The number of hydrogen-bond donors (Lipinski definition) is 2. The van der Waals surface area contributed by atoms with Crippen LogP contribution in [0.3, 0.4) is 0 Å². The summed E-state index contributed by atoms with van der Waals surface area (Å²) < 4.78 is 0. The number of likely N-dealkylation sites (N-methyl/N-ethyl adjacent to an activating group) is 2. The van der Waals surface area contributed by atoms with Crippen molar-refractivity contribution in [1.82, 2.24) is 10.2 Å². The van der Waals surface area contributed by atoms with Crippen LogP contribution in [0, 0.1) is 18.3 Å². The van der Waals surface area contributed by atoms with Crippen LogP contribution >= 0.6 is 22.9 Å². The van der Waals surface area contributed by atoms with Gasteiger partial charge >= 0.3 is 5.97 Å². The number of rotatable bonds is 6. The highest BCUT2D eigenvalue weighted by Gasteiger charge is 2.29. The van der Waals surface area contributed by atoms with E-state index in [-0.39, 0.29) is 11.6 Å². The Morgan fingerprint density at radius 3 is 2.52 bits per heavy atom. The normalized spacial score (nSPS) is 12.9. The van der Waals surface area contributed by atoms with E-state index in [9.17, 15) is 20.0 Å². The van der Waals surface area contributed by atoms with Gasteiger partial charge in [0.1, 0.15) is 12.1 Å². The van der Waals surface area contributed by atoms with Crippen LogP contribution in [-0.4, -0.2) is 41.5 Å². The van der Waals surface area contributed by atoms with Crippen LogP contribution in [0.5, 0.6) is 0 Å². The van der Waals surface area contributed by atoms with E-state index in [0.717, 1.165) is 5.56 Å². The molecule has 0 aliphatic rings. The van der Waals surface area contributed by atoms with Crippen molar-refractivity contribution in [2.24, 2.45) is 0 Å². The minimum atomic E-state index is -1.35. The van der Waals surface area contributed by atoms with Crippen molar-refractivity contribution < 1.29 is 14.7 Å². The van der Waals surface area contributed by atoms with Gasteiger partial charge in [0, 0.05) is 13.6 Å². The van der Waals surface area contributed by atoms with Crippen LogP contribution in [0.15, 0.2) is 11.0 Å². The Hall–Kier alpha value is -2.04. The SMILES string of the molecule is CCN(C(=C(C#N)C(=O)O)c1scc(C)c1Cl)[C@H](C)C(=O)NC. The Morgan fingerprint density at radius 2 is 2.17 bits per heavy atom. The van der Waals surface area contributed by atoms with Crippen molar-refractivity contribution in [3.05, 3.63) is 26.4 Å². The first-order chi connectivity index (χ1) is 10.8. The van der Waals surface area contributed by atoms with Gasteiger partial charge in [0.2, 0.25) is 5.91 Å². The molecule has 0 spiro atoms. The number of aliphatic carboxylic acids is 1. The number of nitrogens with one attached hydrogen (secondary N) is 1. The van der Waals surface area contributed by atoms with E-state index in [2.05, 4.69) is 5.32 Å². The minimum Gasteiger partial charge on any atom is -0.477 e. The molecule has 0 bridgehead atoms. The highest BCUT2D eigenvalue weighted by atomic mass is 35.5. The van der Waals surface area contributed by atoms with Crippen molar-refractivity contribution >= 4 is 40.5 Å². The Morgan fingerprint density at radius 1 is 1.57 bits per heavy atom. The highest BCUT2D eigenvalue weighted by Crippen LogP contribution is 2.37. The molecule has 124 valence electrons. The number of amides is 1. The van der Waals surface area contributed by atoms with Gasteiger partial charge in [-0.2, -0.15) is 5.26 Å². The van der Waals surface area contributed by atoms with Gasteiger partial charge in [-0.05, 0) is 31.7 Å². The summed E-state index contributed by atoms with van der Waals surface area (Å²) in [5, 5.41) is 23.4. The molecule has 1 atom stereocenters. The first-order valence-electron chi connectivity index (χ1n) is 6.89. The number of carbonyl (C=O) groups excluding carboxylic acids is 1. The van der Waals surface area contributed by atoms with Gasteiger partial charge in [-0.15, -0.1) is 11.3 Å². The Labute approximate surface area is 144 Å². The quantitative estimate of drug-likeness (QED) is 0.604. The first kappa shape index (κ1) is 19.0. The van der Waals surface area contributed by atoms with Gasteiger partial charge in [0.05, 0.1) is 15.6 Å². The van der Waals surface area contributed by atoms with Gasteiger partial charge < -0.3 is 15.3 Å². The number of aryl methyl sites for hydroxylation is 1. The largest absolute Gasteiger partial charge is 0.477 e. The lowest BCUT2D eigenvalue weighted by Gasteiger charge is -2.31. The molecule has 23 heavy (non-hydrogen) atoms. The molecule has 0 aromatic carbocycles. The summed E-state index contributed by atoms with van der Waals surface area (Å²) in [5.41, 5.74) is 0.517. The first-order valence-corrected chi connectivity index (χ1v) is 8.15. The van der Waals surface area contributed by atoms with Gasteiger partial charge in [0.15, 0.2) is 5.57 Å². The number of nitriles is 1. The molecule has 1 rings (SSSR count). The molecule has 0 saturated carbocycles. The lowest BCUT2D eigenvalue weighted by Crippen LogP contribution is -2.43. The number of carbonyl (C=O) groups is 2. The monoisotopic (exact) mass is 355 g/mol. The van der Waals surface area contributed by atoms with Crippen molar-refractivity contribution in [1.29, 1.82) is 5.26 Å².